The lowest BCUT2D eigenvalue weighted by atomic mass is 10.3. The van der Waals surface area contributed by atoms with Crippen LogP contribution in [-0.4, -0.2) is 32.4 Å². The first-order chi connectivity index (χ1) is 7.86. The van der Waals surface area contributed by atoms with Crippen molar-refractivity contribution in [2.45, 2.75) is 29.7 Å². The minimum Gasteiger partial charge on any atom is -0.481 e. The van der Waals surface area contributed by atoms with Crippen LogP contribution in [0.2, 0.25) is 0 Å². The van der Waals surface area contributed by atoms with Gasteiger partial charge in [0, 0.05) is 6.92 Å². The van der Waals surface area contributed by atoms with Crippen LogP contribution in [0.5, 0.6) is 0 Å². The van der Waals surface area contributed by atoms with Gasteiger partial charge in [-0.25, -0.2) is 4.98 Å². The van der Waals surface area contributed by atoms with E-state index in [-0.39, 0.29) is 0 Å². The van der Waals surface area contributed by atoms with E-state index in [2.05, 4.69) is 4.98 Å². The molecule has 0 fully saturated rings. The van der Waals surface area contributed by atoms with Gasteiger partial charge < -0.3 is 15.9 Å². The van der Waals surface area contributed by atoms with Gasteiger partial charge in [0.1, 0.15) is 5.25 Å². The van der Waals surface area contributed by atoms with Gasteiger partial charge in [0.05, 0.1) is 10.4 Å². The van der Waals surface area contributed by atoms with Crippen LogP contribution in [0.1, 0.15) is 20.3 Å². The molecule has 0 saturated carbocycles. The summed E-state index contributed by atoms with van der Waals surface area (Å²) in [6, 6.07) is 0. The summed E-state index contributed by atoms with van der Waals surface area (Å²) in [6.45, 7) is 2.93. The van der Waals surface area contributed by atoms with Crippen molar-refractivity contribution in [1.29, 1.82) is 0 Å². The van der Waals surface area contributed by atoms with Crippen LogP contribution >= 0.6 is 23.1 Å². The lowest BCUT2D eigenvalue weighted by Gasteiger charge is -2.05. The Kier molecular flexibility index (Phi) is 7.31. The minimum absolute atomic E-state index is 0.403. The molecular weight excluding hydrogens is 264 g/mol. The summed E-state index contributed by atoms with van der Waals surface area (Å²) in [4.78, 5) is 23.5. The fraction of sp³-hybridized carbons (Fsp3) is 0.444. The fourth-order valence-electron chi connectivity index (χ4n) is 0.775. The number of carboxylic acid groups (broad SMARTS) is 2. The SMILES string of the molecule is CC(=O)O.CCC(Sc1cnc(N)s1)C(=O)O. The number of nitrogen functional groups attached to an aromatic ring is 1. The summed E-state index contributed by atoms with van der Waals surface area (Å²) in [5, 5.41) is 16.3. The van der Waals surface area contributed by atoms with E-state index < -0.39 is 17.2 Å². The van der Waals surface area contributed by atoms with Crippen LogP contribution in [0, 0.1) is 0 Å². The first-order valence-electron chi connectivity index (χ1n) is 4.67. The number of thioether (sulfide) groups is 1. The van der Waals surface area contributed by atoms with Crippen LogP contribution in [0.15, 0.2) is 10.4 Å². The van der Waals surface area contributed by atoms with E-state index in [4.69, 9.17) is 20.7 Å². The Morgan fingerprint density at radius 3 is 2.41 bits per heavy atom. The quantitative estimate of drug-likeness (QED) is 0.719. The summed E-state index contributed by atoms with van der Waals surface area (Å²) in [5.41, 5.74) is 5.42. The third-order valence-electron chi connectivity index (χ3n) is 1.41. The molecule has 0 aliphatic heterocycles. The lowest BCUT2D eigenvalue weighted by molar-refractivity contribution is -0.136. The maximum Gasteiger partial charge on any atom is 0.317 e. The fourth-order valence-corrected chi connectivity index (χ4v) is 2.65. The molecule has 0 spiro atoms. The molecule has 0 amide bonds. The Balaban J connectivity index is 0.000000557. The maximum atomic E-state index is 10.7. The zero-order valence-electron chi connectivity index (χ0n) is 9.41. The smallest absolute Gasteiger partial charge is 0.317 e. The average molecular weight is 278 g/mol. The van der Waals surface area contributed by atoms with Crippen molar-refractivity contribution < 1.29 is 19.8 Å². The molecule has 6 nitrogen and oxygen atoms in total. The highest BCUT2D eigenvalue weighted by atomic mass is 32.2. The van der Waals surface area contributed by atoms with E-state index in [1.165, 1.54) is 23.1 Å². The van der Waals surface area contributed by atoms with Crippen molar-refractivity contribution >= 4 is 40.2 Å². The van der Waals surface area contributed by atoms with Gasteiger partial charge in [-0.05, 0) is 6.42 Å². The highest BCUT2D eigenvalue weighted by Crippen LogP contribution is 2.31. The number of hydrogen-bond donors (Lipinski definition) is 3. The number of hydrogen-bond acceptors (Lipinski definition) is 6. The zero-order chi connectivity index (χ0) is 13.4. The Hall–Kier alpha value is -1.28. The Morgan fingerprint density at radius 1 is 1.59 bits per heavy atom. The van der Waals surface area contributed by atoms with Gasteiger partial charge in [0.25, 0.3) is 5.97 Å². The molecular formula is C9H14N2O4S2. The number of thiazole rings is 1. The third kappa shape index (κ3) is 7.58. The molecule has 1 heterocycles. The van der Waals surface area contributed by atoms with Crippen molar-refractivity contribution in [3.63, 3.8) is 0 Å². The molecule has 96 valence electrons. The number of rotatable bonds is 4. The second-order valence-corrected chi connectivity index (χ2v) is 5.45. The Bertz CT molecular complexity index is 377. The van der Waals surface area contributed by atoms with Gasteiger partial charge in [-0.2, -0.15) is 0 Å². The monoisotopic (exact) mass is 278 g/mol. The number of carboxylic acids is 2. The van der Waals surface area contributed by atoms with Gasteiger partial charge in [0.15, 0.2) is 5.13 Å². The molecule has 1 unspecified atom stereocenters. The molecule has 0 aliphatic rings. The van der Waals surface area contributed by atoms with Gasteiger partial charge in [-0.1, -0.05) is 30.0 Å². The summed E-state index contributed by atoms with van der Waals surface area (Å²) in [5.74, 6) is -1.63. The number of nitrogens with zero attached hydrogens (tertiary/aromatic N) is 1. The summed E-state index contributed by atoms with van der Waals surface area (Å²) in [7, 11) is 0. The highest BCUT2D eigenvalue weighted by Gasteiger charge is 2.17. The normalized spacial score (nSPS) is 11.2. The summed E-state index contributed by atoms with van der Waals surface area (Å²) < 4.78 is 0.853. The Morgan fingerprint density at radius 2 is 2.12 bits per heavy atom. The largest absolute Gasteiger partial charge is 0.481 e. The molecule has 1 aromatic rings. The van der Waals surface area contributed by atoms with Crippen LogP contribution in [0.3, 0.4) is 0 Å². The van der Waals surface area contributed by atoms with Gasteiger partial charge in [-0.3, -0.25) is 9.59 Å². The second kappa shape index (κ2) is 7.91. The number of anilines is 1. The van der Waals surface area contributed by atoms with E-state index >= 15 is 0 Å². The molecule has 0 aliphatic carbocycles. The predicted octanol–water partition coefficient (Wildman–Crippen LogP) is 1.77. The van der Waals surface area contributed by atoms with Crippen LogP contribution in [0.4, 0.5) is 5.13 Å². The van der Waals surface area contributed by atoms with Crippen molar-refractivity contribution in [3.05, 3.63) is 6.20 Å². The standard InChI is InChI=1S/C7H10N2O2S2.C2H4O2/c1-2-4(6(10)11)12-5-3-9-7(8)13-5;1-2(3)4/h3-4H,2H2,1H3,(H2,8,9)(H,10,11);1H3,(H,3,4). The lowest BCUT2D eigenvalue weighted by Crippen LogP contribution is -2.14. The molecule has 0 bridgehead atoms. The van der Waals surface area contributed by atoms with Crippen LogP contribution < -0.4 is 5.73 Å². The van der Waals surface area contributed by atoms with E-state index in [0.29, 0.717) is 11.6 Å². The molecule has 0 radical (unpaired) electrons. The molecule has 1 rings (SSSR count). The topological polar surface area (TPSA) is 114 Å². The number of aliphatic carboxylic acids is 2. The minimum atomic E-state index is -0.833. The Labute approximate surface area is 107 Å². The maximum absolute atomic E-state index is 10.7. The van der Waals surface area contributed by atoms with Gasteiger partial charge in [0.2, 0.25) is 0 Å². The molecule has 17 heavy (non-hydrogen) atoms. The van der Waals surface area contributed by atoms with Crippen molar-refractivity contribution in [2.24, 2.45) is 0 Å². The number of carbonyl (C=O) groups is 2. The second-order valence-electron chi connectivity index (χ2n) is 2.89. The molecule has 8 heteroatoms. The van der Waals surface area contributed by atoms with E-state index in [0.717, 1.165) is 11.1 Å². The van der Waals surface area contributed by atoms with E-state index in [1.54, 1.807) is 6.20 Å². The summed E-state index contributed by atoms with van der Waals surface area (Å²) >= 11 is 2.61. The third-order valence-corrected chi connectivity index (χ3v) is 3.72. The van der Waals surface area contributed by atoms with Crippen molar-refractivity contribution in [1.82, 2.24) is 4.98 Å². The van der Waals surface area contributed by atoms with Crippen molar-refractivity contribution in [2.75, 3.05) is 5.73 Å². The first-order valence-corrected chi connectivity index (χ1v) is 6.36. The molecule has 4 N–H and O–H groups in total. The van der Waals surface area contributed by atoms with Gasteiger partial charge in [-0.15, -0.1) is 0 Å². The number of aromatic nitrogens is 1. The van der Waals surface area contributed by atoms with Gasteiger partial charge >= 0.3 is 5.97 Å². The molecule has 0 saturated heterocycles. The zero-order valence-corrected chi connectivity index (χ0v) is 11.0. The molecule has 0 aromatic carbocycles. The van der Waals surface area contributed by atoms with E-state index in [9.17, 15) is 4.79 Å². The number of nitrogens with two attached hydrogens (primary N) is 1. The van der Waals surface area contributed by atoms with Crippen LogP contribution in [-0.2, 0) is 9.59 Å². The predicted molar refractivity (Wildman–Crippen MR) is 67.4 cm³/mol. The molecule has 1 atom stereocenters. The summed E-state index contributed by atoms with van der Waals surface area (Å²) in [6.07, 6.45) is 2.20. The highest BCUT2D eigenvalue weighted by molar-refractivity contribution is 8.02. The first kappa shape index (κ1) is 15.7. The van der Waals surface area contributed by atoms with Crippen LogP contribution in [0.25, 0.3) is 0 Å². The molecule has 1 aromatic heterocycles. The van der Waals surface area contributed by atoms with E-state index in [1.807, 2.05) is 6.92 Å². The average Bonchev–Trinajstić information content (AvgIpc) is 2.59. The van der Waals surface area contributed by atoms with Crippen molar-refractivity contribution in [3.8, 4) is 0 Å².